The second kappa shape index (κ2) is 8.65. The summed E-state index contributed by atoms with van der Waals surface area (Å²) in [4.78, 5) is 8.09. The van der Waals surface area contributed by atoms with Crippen LogP contribution in [0, 0.1) is 11.6 Å². The maximum atomic E-state index is 13.4. The molecule has 3 N–H and O–H groups in total. The number of nitrogens with two attached hydrogens (primary N) is 1. The molecule has 1 aromatic carbocycles. The van der Waals surface area contributed by atoms with Crippen molar-refractivity contribution in [2.45, 2.75) is 6.42 Å². The average Bonchev–Trinajstić information content (AvgIpc) is 2.45. The molecule has 0 aliphatic rings. The molecule has 0 radical (unpaired) electrons. The van der Waals surface area contributed by atoms with Crippen molar-refractivity contribution in [2.24, 2.45) is 10.7 Å². The normalized spacial score (nSPS) is 11.0. The summed E-state index contributed by atoms with van der Waals surface area (Å²) in [7, 11) is 0. The first kappa shape index (κ1) is 18.3. The summed E-state index contributed by atoms with van der Waals surface area (Å²) >= 11 is 3.27. The van der Waals surface area contributed by atoms with E-state index in [1.54, 1.807) is 18.3 Å². The van der Waals surface area contributed by atoms with Gasteiger partial charge in [-0.05, 0) is 46.6 Å². The van der Waals surface area contributed by atoms with E-state index in [1.165, 1.54) is 18.2 Å². The Balaban J connectivity index is 0.00000242. The Bertz CT molecular complexity index is 630. The zero-order valence-corrected chi connectivity index (χ0v) is 13.8. The molecule has 0 saturated carbocycles. The number of pyridine rings is 1. The Morgan fingerprint density at radius 1 is 1.23 bits per heavy atom. The minimum absolute atomic E-state index is 0. The number of nitrogens with one attached hydrogen (secondary N) is 1. The number of halogens is 4. The molecule has 1 aromatic heterocycles. The van der Waals surface area contributed by atoms with E-state index in [0.29, 0.717) is 5.82 Å². The summed E-state index contributed by atoms with van der Waals surface area (Å²) in [5.41, 5.74) is 5.69. The monoisotopic (exact) mass is 390 g/mol. The van der Waals surface area contributed by atoms with E-state index < -0.39 is 11.6 Å². The molecule has 0 spiro atoms. The molecule has 8 heteroatoms. The topological polar surface area (TPSA) is 63.3 Å². The van der Waals surface area contributed by atoms with Crippen LogP contribution in [-0.2, 0) is 6.42 Å². The van der Waals surface area contributed by atoms with Gasteiger partial charge < -0.3 is 11.1 Å². The Morgan fingerprint density at radius 3 is 2.50 bits per heavy atom. The van der Waals surface area contributed by atoms with Crippen LogP contribution in [0.3, 0.4) is 0 Å². The van der Waals surface area contributed by atoms with Gasteiger partial charge in [0.25, 0.3) is 0 Å². The quantitative estimate of drug-likeness (QED) is 0.619. The van der Waals surface area contributed by atoms with Crippen molar-refractivity contribution in [1.82, 2.24) is 4.98 Å². The molecule has 1 heterocycles. The van der Waals surface area contributed by atoms with E-state index in [2.05, 4.69) is 31.2 Å². The summed E-state index contributed by atoms with van der Waals surface area (Å²) in [6.45, 7) is 0.174. The summed E-state index contributed by atoms with van der Waals surface area (Å²) in [6, 6.07) is 7.29. The highest BCUT2D eigenvalue weighted by Crippen LogP contribution is 2.13. The fraction of sp³-hybridized carbons (Fsp3) is 0.143. The highest BCUT2D eigenvalue weighted by Gasteiger charge is 2.07. The van der Waals surface area contributed by atoms with E-state index in [-0.39, 0.29) is 36.9 Å². The molecule has 0 atom stereocenters. The minimum atomic E-state index is -0.577. The van der Waals surface area contributed by atoms with Crippen molar-refractivity contribution in [1.29, 1.82) is 0 Å². The third-order valence-electron chi connectivity index (χ3n) is 2.69. The van der Waals surface area contributed by atoms with Crippen LogP contribution in [0.15, 0.2) is 46.0 Å². The standard InChI is InChI=1S/C14H13BrF2N4.ClH/c15-9-4-5-13(20-8-9)21-14(18)19-7-6-10-11(16)2-1-3-12(10)17;/h1-5,8H,6-7H2,(H3,18,19,20,21);1H. The first-order chi connectivity index (χ1) is 10.1. The highest BCUT2D eigenvalue weighted by molar-refractivity contribution is 9.10. The third kappa shape index (κ3) is 5.23. The molecule has 0 aliphatic heterocycles. The van der Waals surface area contributed by atoms with Gasteiger partial charge in [-0.2, -0.15) is 0 Å². The van der Waals surface area contributed by atoms with Gasteiger partial charge in [0.1, 0.15) is 17.5 Å². The van der Waals surface area contributed by atoms with E-state index in [0.717, 1.165) is 4.47 Å². The Hall–Kier alpha value is -1.73. The predicted octanol–water partition coefficient (Wildman–Crippen LogP) is 3.51. The van der Waals surface area contributed by atoms with Gasteiger partial charge in [-0.15, -0.1) is 12.4 Å². The number of rotatable bonds is 4. The lowest BCUT2D eigenvalue weighted by atomic mass is 10.1. The molecule has 2 rings (SSSR count). The van der Waals surface area contributed by atoms with Gasteiger partial charge >= 0.3 is 0 Å². The van der Waals surface area contributed by atoms with Gasteiger partial charge in [-0.1, -0.05) is 6.07 Å². The molecule has 0 aliphatic carbocycles. The lowest BCUT2D eigenvalue weighted by Gasteiger charge is -2.05. The number of guanidine groups is 1. The summed E-state index contributed by atoms with van der Waals surface area (Å²) in [5, 5.41) is 2.79. The lowest BCUT2D eigenvalue weighted by Crippen LogP contribution is -2.23. The second-order valence-corrected chi connectivity index (χ2v) is 5.12. The second-order valence-electron chi connectivity index (χ2n) is 4.20. The molecule has 22 heavy (non-hydrogen) atoms. The van der Waals surface area contributed by atoms with Crippen LogP contribution in [0.25, 0.3) is 0 Å². The van der Waals surface area contributed by atoms with E-state index in [4.69, 9.17) is 5.73 Å². The molecule has 0 bridgehead atoms. The van der Waals surface area contributed by atoms with Crippen molar-refractivity contribution < 1.29 is 8.78 Å². The average molecular weight is 392 g/mol. The van der Waals surface area contributed by atoms with Gasteiger partial charge in [0.2, 0.25) is 0 Å². The van der Waals surface area contributed by atoms with Crippen molar-refractivity contribution in [3.63, 3.8) is 0 Å². The number of hydrogen-bond acceptors (Lipinski definition) is 2. The first-order valence-corrected chi connectivity index (χ1v) is 6.97. The van der Waals surface area contributed by atoms with Crippen molar-refractivity contribution in [3.8, 4) is 0 Å². The molecule has 2 aromatic rings. The van der Waals surface area contributed by atoms with Gasteiger partial charge in [-0.25, -0.2) is 13.8 Å². The summed E-state index contributed by atoms with van der Waals surface area (Å²) < 4.78 is 27.7. The van der Waals surface area contributed by atoms with E-state index in [1.807, 2.05) is 0 Å². The molecule has 118 valence electrons. The van der Waals surface area contributed by atoms with Crippen LogP contribution in [0.2, 0.25) is 0 Å². The van der Waals surface area contributed by atoms with Gasteiger partial charge in [0.15, 0.2) is 5.96 Å². The molecule has 0 unspecified atom stereocenters. The van der Waals surface area contributed by atoms with Crippen LogP contribution in [0.1, 0.15) is 5.56 Å². The Morgan fingerprint density at radius 2 is 1.91 bits per heavy atom. The molecular weight excluding hydrogens is 378 g/mol. The van der Waals surface area contributed by atoms with E-state index in [9.17, 15) is 8.78 Å². The molecular formula is C14H14BrClF2N4. The number of benzene rings is 1. The number of aliphatic imine (C=N–C) groups is 1. The van der Waals surface area contributed by atoms with Crippen molar-refractivity contribution in [3.05, 3.63) is 58.2 Å². The largest absolute Gasteiger partial charge is 0.370 e. The highest BCUT2D eigenvalue weighted by atomic mass is 79.9. The fourth-order valence-electron chi connectivity index (χ4n) is 1.68. The molecule has 4 nitrogen and oxygen atoms in total. The predicted molar refractivity (Wildman–Crippen MR) is 89.4 cm³/mol. The fourth-order valence-corrected chi connectivity index (χ4v) is 1.91. The maximum absolute atomic E-state index is 13.4. The third-order valence-corrected chi connectivity index (χ3v) is 3.16. The van der Waals surface area contributed by atoms with Crippen LogP contribution in [-0.4, -0.2) is 17.5 Å². The maximum Gasteiger partial charge on any atom is 0.194 e. The van der Waals surface area contributed by atoms with Crippen LogP contribution in [0.4, 0.5) is 14.6 Å². The van der Waals surface area contributed by atoms with Crippen LogP contribution < -0.4 is 11.1 Å². The minimum Gasteiger partial charge on any atom is -0.370 e. The van der Waals surface area contributed by atoms with E-state index >= 15 is 0 Å². The smallest absolute Gasteiger partial charge is 0.194 e. The van der Waals surface area contributed by atoms with Crippen molar-refractivity contribution >= 4 is 40.1 Å². The summed E-state index contributed by atoms with van der Waals surface area (Å²) in [5.74, 6) is -0.476. The zero-order chi connectivity index (χ0) is 15.2. The van der Waals surface area contributed by atoms with Crippen molar-refractivity contribution in [2.75, 3.05) is 11.9 Å². The molecule has 0 amide bonds. The number of nitrogens with zero attached hydrogens (tertiary/aromatic N) is 2. The number of hydrogen-bond donors (Lipinski definition) is 2. The van der Waals surface area contributed by atoms with Gasteiger partial charge in [-0.3, -0.25) is 4.99 Å². The van der Waals surface area contributed by atoms with Gasteiger partial charge in [0, 0.05) is 22.8 Å². The Labute approximate surface area is 141 Å². The zero-order valence-electron chi connectivity index (χ0n) is 11.4. The summed E-state index contributed by atoms with van der Waals surface area (Å²) in [6.07, 6.45) is 1.75. The Kier molecular flexibility index (Phi) is 7.20. The number of aromatic nitrogens is 1. The SMILES string of the molecule is Cl.NC(=NCCc1c(F)cccc1F)Nc1ccc(Br)cn1. The van der Waals surface area contributed by atoms with Crippen LogP contribution >= 0.6 is 28.3 Å². The first-order valence-electron chi connectivity index (χ1n) is 6.17. The molecule has 0 fully saturated rings. The molecule has 0 saturated heterocycles. The van der Waals surface area contributed by atoms with Crippen LogP contribution in [0.5, 0.6) is 0 Å². The lowest BCUT2D eigenvalue weighted by molar-refractivity contribution is 0.556. The number of anilines is 1. The van der Waals surface area contributed by atoms with Gasteiger partial charge in [0.05, 0.1) is 0 Å².